The Morgan fingerprint density at radius 3 is 2.22 bits per heavy atom. The molecule has 4 N–H and O–H groups in total. The number of benzene rings is 4. The van der Waals surface area contributed by atoms with Gasteiger partial charge < -0.3 is 30.3 Å². The van der Waals surface area contributed by atoms with Crippen molar-refractivity contribution in [1.29, 1.82) is 0 Å². The highest BCUT2D eigenvalue weighted by Gasteiger charge is 2.16. The average molecular weight is 695 g/mol. The number of fused-ring (bicyclic) bond motifs is 1. The van der Waals surface area contributed by atoms with Gasteiger partial charge in [-0.3, -0.25) is 4.79 Å². The summed E-state index contributed by atoms with van der Waals surface area (Å²) in [5, 5.41) is 28.6. The molecule has 5 rings (SSSR count). The standard InChI is InChI=1S/C41H49FN4O3.C2H6/c1-6-19-45(22-18-27(3)7-2)20-9-21-46-29(5)28(4)36-24-34(16-17-37(36)46)43-33-11-8-10-31(23-33)41(49)44-35-25-38(47)40(39(48)26-35)30-12-14-32(42)15-13-30;1-2/h8,10-17,23-27,43,47-48H,6-7,9,18-22H2,1-5H3,(H,44,49);1-2H3. The number of aryl methyl sites for hydroxylation is 2. The van der Waals surface area contributed by atoms with Crippen LogP contribution >= 0.6 is 0 Å². The molecule has 4 aromatic carbocycles. The van der Waals surface area contributed by atoms with Crippen molar-refractivity contribution in [2.75, 3.05) is 30.3 Å². The van der Waals surface area contributed by atoms with E-state index in [0.29, 0.717) is 11.1 Å². The molecule has 0 bridgehead atoms. The minimum Gasteiger partial charge on any atom is -0.507 e. The molecular weight excluding hydrogens is 639 g/mol. The fraction of sp³-hybridized carbons (Fsp3) is 0.372. The van der Waals surface area contributed by atoms with E-state index in [1.165, 1.54) is 84.4 Å². The largest absolute Gasteiger partial charge is 0.507 e. The Balaban J connectivity index is 0.00000286. The Morgan fingerprint density at radius 1 is 0.863 bits per heavy atom. The summed E-state index contributed by atoms with van der Waals surface area (Å²) in [7, 11) is 0. The topological polar surface area (TPSA) is 89.8 Å². The Hall–Kier alpha value is -4.82. The summed E-state index contributed by atoms with van der Waals surface area (Å²) >= 11 is 0. The molecule has 7 nitrogen and oxygen atoms in total. The number of halogens is 1. The van der Waals surface area contributed by atoms with Gasteiger partial charge in [0.2, 0.25) is 0 Å². The maximum atomic E-state index is 13.4. The second-order valence-corrected chi connectivity index (χ2v) is 13.1. The van der Waals surface area contributed by atoms with Gasteiger partial charge in [0, 0.05) is 57.9 Å². The Morgan fingerprint density at radius 2 is 1.55 bits per heavy atom. The van der Waals surface area contributed by atoms with Crippen LogP contribution in [0.4, 0.5) is 21.5 Å². The molecule has 0 saturated heterocycles. The van der Waals surface area contributed by atoms with Crippen molar-refractivity contribution < 1.29 is 19.4 Å². The third kappa shape index (κ3) is 9.91. The van der Waals surface area contributed by atoms with Crippen molar-refractivity contribution in [2.45, 2.75) is 80.7 Å². The van der Waals surface area contributed by atoms with E-state index in [9.17, 15) is 19.4 Å². The predicted octanol–water partition coefficient (Wildman–Crippen LogP) is 11.0. The van der Waals surface area contributed by atoms with Gasteiger partial charge in [0.05, 0.1) is 5.56 Å². The van der Waals surface area contributed by atoms with Crippen LogP contribution in [-0.2, 0) is 6.54 Å². The highest BCUT2D eigenvalue weighted by Crippen LogP contribution is 2.40. The molecule has 1 heterocycles. The molecule has 5 aromatic rings. The number of aromatic nitrogens is 1. The first-order chi connectivity index (χ1) is 24.6. The number of aromatic hydroxyl groups is 2. The van der Waals surface area contributed by atoms with Crippen molar-refractivity contribution in [2.24, 2.45) is 5.92 Å². The Kier molecular flexibility index (Phi) is 14.1. The molecule has 0 aliphatic heterocycles. The number of amides is 1. The first-order valence-corrected chi connectivity index (χ1v) is 18.4. The van der Waals surface area contributed by atoms with E-state index in [-0.39, 0.29) is 22.7 Å². The third-order valence-corrected chi connectivity index (χ3v) is 9.57. The molecule has 1 unspecified atom stereocenters. The van der Waals surface area contributed by atoms with Gasteiger partial charge in [-0.05, 0) is 118 Å². The van der Waals surface area contributed by atoms with E-state index in [4.69, 9.17) is 0 Å². The number of carbonyl (C=O) groups excluding carboxylic acids is 1. The third-order valence-electron chi connectivity index (χ3n) is 9.57. The first kappa shape index (κ1) is 39.0. The molecule has 272 valence electrons. The van der Waals surface area contributed by atoms with Gasteiger partial charge in [0.25, 0.3) is 5.91 Å². The zero-order valence-electron chi connectivity index (χ0n) is 31.3. The lowest BCUT2D eigenvalue weighted by atomic mass is 10.0. The molecule has 0 spiro atoms. The SMILES string of the molecule is CC.CCCN(CCCn1c(C)c(C)c2cc(Nc3cccc(C(=O)Nc4cc(O)c(-c5ccc(F)cc5)c(O)c4)c3)ccc21)CCC(C)CC. The average Bonchev–Trinajstić information content (AvgIpc) is 3.36. The number of hydrogen-bond donors (Lipinski definition) is 4. The lowest BCUT2D eigenvalue weighted by Crippen LogP contribution is -2.28. The van der Waals surface area contributed by atoms with Crippen LogP contribution in [0, 0.1) is 25.6 Å². The number of anilines is 3. The number of nitrogens with zero attached hydrogens (tertiary/aromatic N) is 2. The number of hydrogen-bond acceptors (Lipinski definition) is 5. The van der Waals surface area contributed by atoms with E-state index in [0.717, 1.165) is 43.3 Å². The molecule has 1 atom stereocenters. The summed E-state index contributed by atoms with van der Waals surface area (Å²) in [5.41, 5.74) is 6.72. The van der Waals surface area contributed by atoms with Crippen molar-refractivity contribution in [3.05, 3.63) is 102 Å². The molecule has 1 amide bonds. The summed E-state index contributed by atoms with van der Waals surface area (Å²) in [4.78, 5) is 15.8. The van der Waals surface area contributed by atoms with Crippen LogP contribution in [0.25, 0.3) is 22.0 Å². The highest BCUT2D eigenvalue weighted by atomic mass is 19.1. The number of carbonyl (C=O) groups is 1. The van der Waals surface area contributed by atoms with Gasteiger partial charge in [-0.15, -0.1) is 0 Å². The molecule has 8 heteroatoms. The highest BCUT2D eigenvalue weighted by molar-refractivity contribution is 6.05. The van der Waals surface area contributed by atoms with E-state index < -0.39 is 11.7 Å². The van der Waals surface area contributed by atoms with Crippen molar-refractivity contribution >= 4 is 33.9 Å². The molecule has 1 aromatic heterocycles. The van der Waals surface area contributed by atoms with Gasteiger partial charge in [-0.1, -0.05) is 59.2 Å². The molecule has 0 aliphatic carbocycles. The zero-order valence-corrected chi connectivity index (χ0v) is 31.3. The van der Waals surface area contributed by atoms with Gasteiger partial charge in [-0.25, -0.2) is 4.39 Å². The van der Waals surface area contributed by atoms with Crippen LogP contribution in [-0.4, -0.2) is 45.2 Å². The monoisotopic (exact) mass is 694 g/mol. The van der Waals surface area contributed by atoms with E-state index in [1.807, 2.05) is 19.9 Å². The molecule has 0 aliphatic rings. The number of phenols is 2. The fourth-order valence-corrected chi connectivity index (χ4v) is 6.43. The lowest BCUT2D eigenvalue weighted by molar-refractivity contribution is 0.102. The van der Waals surface area contributed by atoms with Gasteiger partial charge in [-0.2, -0.15) is 0 Å². The van der Waals surface area contributed by atoms with Gasteiger partial charge >= 0.3 is 0 Å². The van der Waals surface area contributed by atoms with Gasteiger partial charge in [0.15, 0.2) is 0 Å². The summed E-state index contributed by atoms with van der Waals surface area (Å²) in [6.07, 6.45) is 4.78. The number of nitrogens with one attached hydrogen (secondary N) is 2. The maximum absolute atomic E-state index is 13.4. The van der Waals surface area contributed by atoms with E-state index in [2.05, 4.69) is 72.9 Å². The maximum Gasteiger partial charge on any atom is 0.255 e. The molecule has 51 heavy (non-hydrogen) atoms. The van der Waals surface area contributed by atoms with Crippen LogP contribution < -0.4 is 10.6 Å². The summed E-state index contributed by atoms with van der Waals surface area (Å²) in [6.45, 7) is 19.7. The van der Waals surface area contributed by atoms with Crippen LogP contribution in [0.15, 0.2) is 78.9 Å². The van der Waals surface area contributed by atoms with E-state index >= 15 is 0 Å². The molecule has 0 fully saturated rings. The number of phenolic OH excluding ortho intramolecular Hbond substituents is 2. The van der Waals surface area contributed by atoms with E-state index in [1.54, 1.807) is 18.2 Å². The smallest absolute Gasteiger partial charge is 0.255 e. The van der Waals surface area contributed by atoms with Crippen LogP contribution in [0.3, 0.4) is 0 Å². The second-order valence-electron chi connectivity index (χ2n) is 13.1. The Labute approximate surface area is 303 Å². The zero-order chi connectivity index (χ0) is 37.1. The minimum absolute atomic E-state index is 0.160. The van der Waals surface area contributed by atoms with Crippen LogP contribution in [0.5, 0.6) is 11.5 Å². The Bertz CT molecular complexity index is 1880. The molecule has 0 saturated carbocycles. The quantitative estimate of drug-likeness (QED) is 0.0876. The van der Waals surface area contributed by atoms with Crippen molar-refractivity contribution in [1.82, 2.24) is 9.47 Å². The minimum atomic E-state index is -0.420. The molecule has 0 radical (unpaired) electrons. The van der Waals surface area contributed by atoms with Crippen LogP contribution in [0.2, 0.25) is 0 Å². The summed E-state index contributed by atoms with van der Waals surface area (Å²) < 4.78 is 15.8. The molecular formula is C43H55FN4O3. The lowest BCUT2D eigenvalue weighted by Gasteiger charge is -2.23. The second kappa shape index (κ2) is 18.4. The summed E-state index contributed by atoms with van der Waals surface area (Å²) in [6, 6.07) is 21.8. The van der Waals surface area contributed by atoms with Crippen LogP contribution in [0.1, 0.15) is 81.9 Å². The first-order valence-electron chi connectivity index (χ1n) is 18.4. The van der Waals surface area contributed by atoms with Gasteiger partial charge in [0.1, 0.15) is 17.3 Å². The fourth-order valence-electron chi connectivity index (χ4n) is 6.43. The summed E-state index contributed by atoms with van der Waals surface area (Å²) in [5.74, 6) is -0.514. The normalized spacial score (nSPS) is 11.7. The number of rotatable bonds is 15. The predicted molar refractivity (Wildman–Crippen MR) is 211 cm³/mol. The van der Waals surface area contributed by atoms with Crippen molar-refractivity contribution in [3.63, 3.8) is 0 Å². The van der Waals surface area contributed by atoms with Crippen molar-refractivity contribution in [3.8, 4) is 22.6 Å².